The minimum Gasteiger partial charge on any atom is -0.481 e. The first-order valence-corrected chi connectivity index (χ1v) is 4.77. The molecule has 0 saturated heterocycles. The van der Waals surface area contributed by atoms with Crippen LogP contribution in [-0.2, 0) is 9.59 Å². The molecule has 0 amide bonds. The Morgan fingerprint density at radius 2 is 1.81 bits per heavy atom. The maximum atomic E-state index is 9.85. The van der Waals surface area contributed by atoms with Crippen molar-refractivity contribution in [2.75, 3.05) is 27.2 Å². The van der Waals surface area contributed by atoms with Crippen LogP contribution >= 0.6 is 0 Å². The lowest BCUT2D eigenvalue weighted by Gasteiger charge is -2.05. The van der Waals surface area contributed by atoms with E-state index in [1.165, 1.54) is 0 Å². The van der Waals surface area contributed by atoms with Crippen molar-refractivity contribution in [3.05, 3.63) is 0 Å². The highest BCUT2D eigenvalue weighted by Gasteiger charge is 2.14. The molecule has 0 aromatic carbocycles. The van der Waals surface area contributed by atoms with E-state index in [-0.39, 0.29) is 0 Å². The zero-order valence-electron chi connectivity index (χ0n) is 9.59. The van der Waals surface area contributed by atoms with Gasteiger partial charge in [-0.05, 0) is 27.1 Å². The highest BCUT2D eigenvalue weighted by molar-refractivity contribution is 5.80. The minimum absolute atomic E-state index is 0.304. The average molecular weight is 236 g/mol. The molecular formula is C9H20N2O5. The number of aliphatic hydroxyl groups is 1. The van der Waals surface area contributed by atoms with Crippen molar-refractivity contribution in [1.82, 2.24) is 4.90 Å². The van der Waals surface area contributed by atoms with Gasteiger partial charge in [0.05, 0.1) is 6.42 Å². The van der Waals surface area contributed by atoms with Crippen molar-refractivity contribution in [3.63, 3.8) is 0 Å². The predicted molar refractivity (Wildman–Crippen MR) is 58.1 cm³/mol. The highest BCUT2D eigenvalue weighted by Crippen LogP contribution is 1.86. The molecule has 0 heterocycles. The van der Waals surface area contributed by atoms with Crippen LogP contribution in [0.2, 0.25) is 0 Å². The third kappa shape index (κ3) is 15.3. The van der Waals surface area contributed by atoms with E-state index in [0.717, 1.165) is 13.0 Å². The Morgan fingerprint density at radius 3 is 1.94 bits per heavy atom. The maximum Gasteiger partial charge on any atom is 0.321 e. The zero-order valence-corrected chi connectivity index (χ0v) is 9.59. The summed E-state index contributed by atoms with van der Waals surface area (Å²) in [7, 11) is 3.99. The summed E-state index contributed by atoms with van der Waals surface area (Å²) in [5, 5.41) is 24.3. The van der Waals surface area contributed by atoms with Crippen molar-refractivity contribution in [2.45, 2.75) is 18.9 Å². The number of carboxylic acids is 2. The number of aliphatic carboxylic acids is 2. The van der Waals surface area contributed by atoms with Crippen LogP contribution in [0.15, 0.2) is 0 Å². The van der Waals surface area contributed by atoms with E-state index >= 15 is 0 Å². The molecule has 0 spiro atoms. The second-order valence-corrected chi connectivity index (χ2v) is 3.42. The highest BCUT2D eigenvalue weighted by atomic mass is 16.4. The Morgan fingerprint density at radius 1 is 1.31 bits per heavy atom. The molecule has 0 aliphatic heterocycles. The largest absolute Gasteiger partial charge is 0.481 e. The summed E-state index contributed by atoms with van der Waals surface area (Å²) in [5.41, 5.74) is 4.84. The molecule has 7 nitrogen and oxygen atoms in total. The van der Waals surface area contributed by atoms with Gasteiger partial charge in [0.2, 0.25) is 0 Å². The third-order valence-corrected chi connectivity index (χ3v) is 1.48. The van der Waals surface area contributed by atoms with E-state index in [4.69, 9.17) is 21.1 Å². The number of hydrogen-bond donors (Lipinski definition) is 4. The van der Waals surface area contributed by atoms with Crippen LogP contribution in [0.1, 0.15) is 12.8 Å². The molecule has 0 rings (SSSR count). The number of aliphatic hydroxyl groups excluding tert-OH is 1. The molecule has 1 atom stereocenters. The summed E-state index contributed by atoms with van der Waals surface area (Å²) in [6.07, 6.45) is 0.350. The first-order valence-electron chi connectivity index (χ1n) is 4.77. The lowest BCUT2D eigenvalue weighted by Crippen LogP contribution is -2.32. The van der Waals surface area contributed by atoms with Crippen molar-refractivity contribution in [1.29, 1.82) is 0 Å². The Hall–Kier alpha value is -1.18. The number of nitrogens with zero attached hydrogens (tertiary/aromatic N) is 1. The van der Waals surface area contributed by atoms with Gasteiger partial charge in [0.1, 0.15) is 6.04 Å². The molecule has 5 N–H and O–H groups in total. The van der Waals surface area contributed by atoms with Gasteiger partial charge < -0.3 is 26.0 Å². The summed E-state index contributed by atoms with van der Waals surface area (Å²) in [5.74, 6) is -2.50. The molecule has 7 heteroatoms. The lowest BCUT2D eigenvalue weighted by molar-refractivity contribution is -0.144. The summed E-state index contributed by atoms with van der Waals surface area (Å²) < 4.78 is 0. The van der Waals surface area contributed by atoms with E-state index in [1.807, 2.05) is 14.1 Å². The van der Waals surface area contributed by atoms with Gasteiger partial charge in [0.15, 0.2) is 0 Å². The average Bonchev–Trinajstić information content (AvgIpc) is 2.14. The lowest BCUT2D eigenvalue weighted by atomic mass is 10.2. The minimum atomic E-state index is -1.29. The van der Waals surface area contributed by atoms with Gasteiger partial charge in [0, 0.05) is 6.61 Å². The molecule has 0 aromatic heterocycles. The fourth-order valence-corrected chi connectivity index (χ4v) is 0.662. The zero-order chi connectivity index (χ0) is 13.1. The van der Waals surface area contributed by atoms with Crippen LogP contribution in [0, 0.1) is 0 Å². The summed E-state index contributed by atoms with van der Waals surface area (Å²) >= 11 is 0. The molecule has 0 radical (unpaired) electrons. The normalized spacial score (nSPS) is 11.6. The van der Waals surface area contributed by atoms with Gasteiger partial charge in [0.25, 0.3) is 0 Å². The molecule has 0 unspecified atom stereocenters. The van der Waals surface area contributed by atoms with E-state index in [9.17, 15) is 9.59 Å². The topological polar surface area (TPSA) is 124 Å². The summed E-state index contributed by atoms with van der Waals surface area (Å²) in [6.45, 7) is 1.29. The maximum absolute atomic E-state index is 9.85. The van der Waals surface area contributed by atoms with Gasteiger partial charge in [-0.3, -0.25) is 9.59 Å². The Kier molecular flexibility index (Phi) is 11.1. The van der Waals surface area contributed by atoms with Crippen LogP contribution in [0.5, 0.6) is 0 Å². The predicted octanol–water partition coefficient (Wildman–Crippen LogP) is -1.20. The summed E-state index contributed by atoms with van der Waals surface area (Å²) in [4.78, 5) is 21.7. The van der Waals surface area contributed by atoms with Crippen molar-refractivity contribution in [2.24, 2.45) is 5.73 Å². The number of hydrogen-bond acceptors (Lipinski definition) is 5. The molecule has 0 aliphatic carbocycles. The van der Waals surface area contributed by atoms with E-state index in [2.05, 4.69) is 4.90 Å². The molecule has 96 valence electrons. The molecule has 0 aromatic rings. The van der Waals surface area contributed by atoms with E-state index in [1.54, 1.807) is 0 Å². The van der Waals surface area contributed by atoms with E-state index in [0.29, 0.717) is 6.61 Å². The smallest absolute Gasteiger partial charge is 0.321 e. The van der Waals surface area contributed by atoms with Gasteiger partial charge >= 0.3 is 11.9 Å². The molecular weight excluding hydrogens is 216 g/mol. The first-order chi connectivity index (χ1) is 7.31. The Labute approximate surface area is 94.5 Å². The molecule has 16 heavy (non-hydrogen) atoms. The first kappa shape index (κ1) is 17.2. The fourth-order valence-electron chi connectivity index (χ4n) is 0.662. The number of carboxylic acid groups (broad SMARTS) is 2. The van der Waals surface area contributed by atoms with Crippen LogP contribution in [0.4, 0.5) is 0 Å². The Balaban J connectivity index is 0. The van der Waals surface area contributed by atoms with Gasteiger partial charge in [-0.1, -0.05) is 0 Å². The van der Waals surface area contributed by atoms with Crippen molar-refractivity contribution < 1.29 is 24.9 Å². The summed E-state index contributed by atoms with van der Waals surface area (Å²) in [6, 6.07) is -1.29. The van der Waals surface area contributed by atoms with Gasteiger partial charge in [-0.15, -0.1) is 0 Å². The second kappa shape index (κ2) is 10.3. The quantitative estimate of drug-likeness (QED) is 0.456. The van der Waals surface area contributed by atoms with Crippen LogP contribution in [0.25, 0.3) is 0 Å². The van der Waals surface area contributed by atoms with Crippen LogP contribution in [-0.4, -0.2) is 65.4 Å². The van der Waals surface area contributed by atoms with Crippen molar-refractivity contribution in [3.8, 4) is 0 Å². The standard InChI is InChI=1S/C5H13NO.C4H7NO4/c1-6(2)4-3-5-7;5-2(4(8)9)1-3(6)7/h7H,3-5H2,1-2H3;2H,1,5H2,(H,6,7)(H,8,9)/t;2-/m.0/s1. The molecule has 0 aliphatic rings. The molecule has 0 saturated carbocycles. The van der Waals surface area contributed by atoms with E-state index < -0.39 is 24.4 Å². The van der Waals surface area contributed by atoms with Gasteiger partial charge in [-0.25, -0.2) is 0 Å². The SMILES string of the molecule is CN(C)CCCO.N[C@@H](CC(=O)O)C(=O)O. The van der Waals surface area contributed by atoms with Crippen LogP contribution in [0.3, 0.4) is 0 Å². The van der Waals surface area contributed by atoms with Crippen molar-refractivity contribution >= 4 is 11.9 Å². The third-order valence-electron chi connectivity index (χ3n) is 1.48. The molecule has 0 bridgehead atoms. The molecule has 0 fully saturated rings. The van der Waals surface area contributed by atoms with Crippen LogP contribution < -0.4 is 5.73 Å². The fraction of sp³-hybridized carbons (Fsp3) is 0.778. The monoisotopic (exact) mass is 236 g/mol. The Bertz CT molecular complexity index is 208. The number of carbonyl (C=O) groups is 2. The van der Waals surface area contributed by atoms with Gasteiger partial charge in [-0.2, -0.15) is 0 Å². The second-order valence-electron chi connectivity index (χ2n) is 3.42. The number of nitrogens with two attached hydrogens (primary N) is 1. The number of rotatable bonds is 6.